The number of ether oxygens (including phenoxy) is 1. The molecule has 13 heteroatoms. The second kappa shape index (κ2) is 21.6. The van der Waals surface area contributed by atoms with Crippen LogP contribution in [0, 0.1) is 0 Å². The van der Waals surface area contributed by atoms with Crippen LogP contribution < -0.4 is 0 Å². The number of Topliss-reactive ketones (excluding diaryl/α,β-unsaturated/α-hetero) is 1. The Kier molecular flexibility index (Phi) is 21.0. The van der Waals surface area contributed by atoms with Gasteiger partial charge in [-0.15, -0.1) is 11.8 Å². The standard InChI is InChI=1S/C15H26O4S3.C13H14O3S3/c1-4-5-6-7-8-10-19-13(18)15(2,3)22-14(20)21-11-9-12(16)17;1-13(2,19-12(17)18-8-10(14)15)11(16)9-6-4-3-5-7-9/h4-11H2,1-3H3,(H,16,17);3-7H,8H2,1-2H3,(H,14,15). The van der Waals surface area contributed by atoms with Gasteiger partial charge in [0.1, 0.15) is 11.8 Å². The quantitative estimate of drug-likeness (QED) is 0.0761. The SMILES string of the molecule is CC(C)(SC(=S)SCC(=O)O)C(=O)c1ccccc1.CCCCCCCOC(=O)C(C)(C)SC(=S)SCCC(=O)O. The number of hydrogen-bond acceptors (Lipinski definition) is 11. The van der Waals surface area contributed by atoms with Gasteiger partial charge in [-0.3, -0.25) is 19.2 Å². The van der Waals surface area contributed by atoms with Gasteiger partial charge in [0.25, 0.3) is 0 Å². The van der Waals surface area contributed by atoms with E-state index in [0.717, 1.165) is 24.6 Å². The molecular formula is C28H40O7S6. The van der Waals surface area contributed by atoms with E-state index < -0.39 is 21.4 Å². The first-order valence-corrected chi connectivity index (χ1v) is 17.5. The van der Waals surface area contributed by atoms with Gasteiger partial charge in [-0.05, 0) is 34.1 Å². The molecule has 1 rings (SSSR count). The molecule has 41 heavy (non-hydrogen) atoms. The number of esters is 1. The Morgan fingerprint density at radius 3 is 1.93 bits per heavy atom. The van der Waals surface area contributed by atoms with Crippen molar-refractivity contribution in [2.45, 2.75) is 82.6 Å². The maximum absolute atomic E-state index is 12.3. The highest BCUT2D eigenvalue weighted by atomic mass is 32.2. The molecule has 0 spiro atoms. The van der Waals surface area contributed by atoms with Crippen LogP contribution in [0.15, 0.2) is 30.3 Å². The van der Waals surface area contributed by atoms with Gasteiger partial charge in [0.05, 0.1) is 23.5 Å². The lowest BCUT2D eigenvalue weighted by Gasteiger charge is -2.22. The number of aliphatic carboxylic acids is 2. The number of carboxylic acid groups (broad SMARTS) is 2. The molecule has 1 aromatic rings. The van der Waals surface area contributed by atoms with Gasteiger partial charge in [0.15, 0.2) is 5.78 Å². The molecule has 0 aliphatic heterocycles. The van der Waals surface area contributed by atoms with E-state index in [1.165, 1.54) is 54.5 Å². The van der Waals surface area contributed by atoms with Gasteiger partial charge < -0.3 is 14.9 Å². The zero-order chi connectivity index (χ0) is 31.5. The van der Waals surface area contributed by atoms with E-state index >= 15 is 0 Å². The van der Waals surface area contributed by atoms with E-state index in [2.05, 4.69) is 6.92 Å². The molecule has 1 aromatic carbocycles. The number of benzene rings is 1. The summed E-state index contributed by atoms with van der Waals surface area (Å²) in [6.45, 7) is 9.76. The van der Waals surface area contributed by atoms with Crippen molar-refractivity contribution in [3.63, 3.8) is 0 Å². The van der Waals surface area contributed by atoms with Gasteiger partial charge in [-0.25, -0.2) is 0 Å². The summed E-state index contributed by atoms with van der Waals surface area (Å²) in [4.78, 5) is 45.3. The van der Waals surface area contributed by atoms with Crippen LogP contribution in [0.25, 0.3) is 0 Å². The first-order chi connectivity index (χ1) is 19.1. The summed E-state index contributed by atoms with van der Waals surface area (Å²) >= 11 is 15.1. The van der Waals surface area contributed by atoms with Crippen LogP contribution >= 0.6 is 71.5 Å². The lowest BCUT2D eigenvalue weighted by Crippen LogP contribution is -2.31. The van der Waals surface area contributed by atoms with Crippen molar-refractivity contribution in [3.8, 4) is 0 Å². The highest BCUT2D eigenvalue weighted by Crippen LogP contribution is 2.34. The number of thioether (sulfide) groups is 4. The van der Waals surface area contributed by atoms with Gasteiger partial charge >= 0.3 is 17.9 Å². The van der Waals surface area contributed by atoms with Crippen LogP contribution in [0.2, 0.25) is 0 Å². The minimum Gasteiger partial charge on any atom is -0.481 e. The summed E-state index contributed by atoms with van der Waals surface area (Å²) in [5, 5.41) is 17.2. The molecular weight excluding hydrogens is 641 g/mol. The number of unbranched alkanes of at least 4 members (excludes halogenated alkanes) is 4. The molecule has 0 atom stereocenters. The number of carbonyl (C=O) groups is 4. The first kappa shape index (κ1) is 39.9. The Labute approximate surface area is 271 Å². The molecule has 7 nitrogen and oxygen atoms in total. The van der Waals surface area contributed by atoms with Crippen molar-refractivity contribution >= 4 is 102 Å². The highest BCUT2D eigenvalue weighted by Gasteiger charge is 2.32. The lowest BCUT2D eigenvalue weighted by molar-refractivity contribution is -0.145. The van der Waals surface area contributed by atoms with E-state index in [4.69, 9.17) is 39.4 Å². The molecule has 0 unspecified atom stereocenters. The van der Waals surface area contributed by atoms with Crippen molar-refractivity contribution in [2.24, 2.45) is 0 Å². The number of rotatable bonds is 16. The maximum Gasteiger partial charge on any atom is 0.322 e. The maximum atomic E-state index is 12.3. The zero-order valence-corrected chi connectivity index (χ0v) is 29.0. The van der Waals surface area contributed by atoms with E-state index in [1.54, 1.807) is 39.8 Å². The van der Waals surface area contributed by atoms with Gasteiger partial charge in [0.2, 0.25) is 0 Å². The van der Waals surface area contributed by atoms with Crippen LogP contribution in [-0.4, -0.2) is 68.6 Å². The molecule has 0 aliphatic rings. The van der Waals surface area contributed by atoms with Crippen molar-refractivity contribution in [1.29, 1.82) is 0 Å². The molecule has 0 saturated heterocycles. The first-order valence-electron chi connectivity index (χ1n) is 13.0. The number of hydrogen-bond donors (Lipinski definition) is 2. The van der Waals surface area contributed by atoms with Gasteiger partial charge in [-0.2, -0.15) is 0 Å². The van der Waals surface area contributed by atoms with E-state index in [1.807, 2.05) is 18.2 Å². The summed E-state index contributed by atoms with van der Waals surface area (Å²) in [6, 6.07) is 9.00. The van der Waals surface area contributed by atoms with Gasteiger partial charge in [0, 0.05) is 11.3 Å². The average Bonchev–Trinajstić information content (AvgIpc) is 2.89. The molecule has 0 bridgehead atoms. The number of thiocarbonyl (C=S) groups is 2. The molecule has 0 radical (unpaired) electrons. The summed E-state index contributed by atoms with van der Waals surface area (Å²) < 4.78 is 4.91. The van der Waals surface area contributed by atoms with Crippen LogP contribution in [0.1, 0.15) is 83.5 Å². The molecule has 0 fully saturated rings. The van der Waals surface area contributed by atoms with E-state index in [-0.39, 0.29) is 23.9 Å². The minimum atomic E-state index is -0.917. The Balaban J connectivity index is 0.000000788. The third-order valence-electron chi connectivity index (χ3n) is 5.08. The molecule has 0 aliphatic carbocycles. The molecule has 2 N–H and O–H groups in total. The Morgan fingerprint density at radius 2 is 1.37 bits per heavy atom. The zero-order valence-electron chi connectivity index (χ0n) is 24.1. The summed E-state index contributed by atoms with van der Waals surface area (Å²) in [5.41, 5.74) is 0.631. The van der Waals surface area contributed by atoms with Crippen LogP contribution in [0.3, 0.4) is 0 Å². The molecule has 230 valence electrons. The van der Waals surface area contributed by atoms with Crippen molar-refractivity contribution < 1.29 is 34.1 Å². The van der Waals surface area contributed by atoms with Crippen LogP contribution in [0.5, 0.6) is 0 Å². The van der Waals surface area contributed by atoms with Crippen LogP contribution in [-0.2, 0) is 19.1 Å². The minimum absolute atomic E-state index is 0.0172. The van der Waals surface area contributed by atoms with E-state index in [0.29, 0.717) is 25.0 Å². The molecule has 0 saturated carbocycles. The smallest absolute Gasteiger partial charge is 0.322 e. The largest absolute Gasteiger partial charge is 0.481 e. The second-order valence-electron chi connectivity index (χ2n) is 9.64. The number of carboxylic acids is 2. The second-order valence-corrected chi connectivity index (χ2v) is 17.4. The molecule has 0 amide bonds. The van der Waals surface area contributed by atoms with Gasteiger partial charge in [-0.1, -0.05) is 123 Å². The third kappa shape index (κ3) is 19.6. The Hall–Kier alpha value is -1.12. The number of carbonyl (C=O) groups excluding carboxylic acids is 2. The number of ketones is 1. The summed E-state index contributed by atoms with van der Waals surface area (Å²) in [6.07, 6.45) is 5.63. The van der Waals surface area contributed by atoms with Crippen molar-refractivity contribution in [2.75, 3.05) is 18.1 Å². The monoisotopic (exact) mass is 680 g/mol. The lowest BCUT2D eigenvalue weighted by atomic mass is 10.0. The van der Waals surface area contributed by atoms with Crippen LogP contribution in [0.4, 0.5) is 0 Å². The summed E-state index contributed by atoms with van der Waals surface area (Å²) in [5.74, 6) is -1.71. The molecule has 0 heterocycles. The average molecular weight is 681 g/mol. The fraction of sp³-hybridized carbons (Fsp3) is 0.571. The normalized spacial score (nSPS) is 11.1. The predicted octanol–water partition coefficient (Wildman–Crippen LogP) is 7.99. The topological polar surface area (TPSA) is 118 Å². The Bertz CT molecular complexity index is 1010. The fourth-order valence-corrected chi connectivity index (χ4v) is 8.58. The van der Waals surface area contributed by atoms with Crippen molar-refractivity contribution in [3.05, 3.63) is 35.9 Å². The van der Waals surface area contributed by atoms with E-state index in [9.17, 15) is 19.2 Å². The summed E-state index contributed by atoms with van der Waals surface area (Å²) in [7, 11) is 0. The predicted molar refractivity (Wildman–Crippen MR) is 184 cm³/mol. The fourth-order valence-electron chi connectivity index (χ4n) is 2.89. The van der Waals surface area contributed by atoms with Crippen molar-refractivity contribution in [1.82, 2.24) is 0 Å². The highest BCUT2D eigenvalue weighted by molar-refractivity contribution is 8.48. The Morgan fingerprint density at radius 1 is 0.805 bits per heavy atom. The molecule has 0 aromatic heterocycles. The third-order valence-corrected chi connectivity index (χ3v) is 10.5.